The van der Waals surface area contributed by atoms with E-state index in [9.17, 15) is 9.59 Å². The summed E-state index contributed by atoms with van der Waals surface area (Å²) in [7, 11) is 0. The molecule has 1 aliphatic rings. The summed E-state index contributed by atoms with van der Waals surface area (Å²) in [6.45, 7) is 0.0363. The van der Waals surface area contributed by atoms with Crippen molar-refractivity contribution < 1.29 is 14.6 Å². The van der Waals surface area contributed by atoms with E-state index in [0.717, 1.165) is 0 Å². The maximum absolute atomic E-state index is 11.0. The fraction of sp³-hybridized carbons (Fsp3) is 0.111. The number of ether oxygens (including phenoxy) is 1. The summed E-state index contributed by atoms with van der Waals surface area (Å²) in [6.07, 6.45) is 2.67. The minimum Gasteiger partial charge on any atom is -0.476 e. The van der Waals surface area contributed by atoms with E-state index in [1.807, 2.05) is 0 Å². The molecule has 2 N–H and O–H groups in total. The maximum atomic E-state index is 11.0. The van der Waals surface area contributed by atoms with Gasteiger partial charge in [0.25, 0.3) is 0 Å². The van der Waals surface area contributed by atoms with E-state index in [1.54, 1.807) is 0 Å². The summed E-state index contributed by atoms with van der Waals surface area (Å²) >= 11 is 0. The number of carboxylic acids is 1. The number of hydrogen-bond acceptors (Lipinski definition) is 5. The van der Waals surface area contributed by atoms with E-state index in [2.05, 4.69) is 15.0 Å². The highest BCUT2D eigenvalue weighted by molar-refractivity contribution is 5.87. The molecular weight excluding hydrogens is 228 g/mol. The van der Waals surface area contributed by atoms with Gasteiger partial charge in [0.15, 0.2) is 5.69 Å². The fourth-order valence-corrected chi connectivity index (χ4v) is 1.69. The largest absolute Gasteiger partial charge is 0.476 e. The minimum atomic E-state index is -1.12. The molecule has 0 unspecified atom stereocenters. The van der Waals surface area contributed by atoms with Gasteiger partial charge in [0, 0.05) is 0 Å². The third kappa shape index (κ3) is 1.30. The molecule has 0 spiro atoms. The van der Waals surface area contributed by atoms with Crippen LogP contribution in [0.3, 0.4) is 0 Å². The molecule has 3 rings (SSSR count). The van der Waals surface area contributed by atoms with Crippen LogP contribution in [-0.4, -0.2) is 30.6 Å². The van der Waals surface area contributed by atoms with Gasteiger partial charge in [0.05, 0.1) is 11.9 Å². The van der Waals surface area contributed by atoms with Crippen molar-refractivity contribution in [3.05, 3.63) is 34.4 Å². The van der Waals surface area contributed by atoms with Crippen LogP contribution < -0.4 is 10.4 Å². The molecule has 0 atom stereocenters. The number of aromatic amines is 1. The van der Waals surface area contributed by atoms with Crippen LogP contribution in [0.5, 0.6) is 5.88 Å². The van der Waals surface area contributed by atoms with Gasteiger partial charge in [0.1, 0.15) is 18.6 Å². The van der Waals surface area contributed by atoms with Crippen LogP contribution in [-0.2, 0) is 6.61 Å². The lowest BCUT2D eigenvalue weighted by Gasteiger charge is -2.18. The Bertz CT molecular complexity index is 672. The highest BCUT2D eigenvalue weighted by atomic mass is 16.5. The standard InChI is InChI=1S/C9H6N4O4/c14-8(15)6-5-2-17-7-4(13(5)3-11-6)1-10-9(16)12-7/h1,3H,2H2,(H,14,15)(H,10,12,16). The highest BCUT2D eigenvalue weighted by Gasteiger charge is 2.24. The predicted molar refractivity (Wildman–Crippen MR) is 53.3 cm³/mol. The molecule has 0 amide bonds. The molecule has 2 aromatic rings. The normalized spacial score (nSPS) is 12.5. The highest BCUT2D eigenvalue weighted by Crippen LogP contribution is 2.26. The predicted octanol–water partition coefficient (Wildman–Crippen LogP) is -0.454. The lowest BCUT2D eigenvalue weighted by Crippen LogP contribution is -2.20. The van der Waals surface area contributed by atoms with Crippen molar-refractivity contribution in [2.75, 3.05) is 0 Å². The molecule has 0 saturated carbocycles. The molecule has 2 aromatic heterocycles. The van der Waals surface area contributed by atoms with Crippen molar-refractivity contribution in [2.45, 2.75) is 6.61 Å². The van der Waals surface area contributed by atoms with Crippen molar-refractivity contribution in [1.29, 1.82) is 0 Å². The lowest BCUT2D eigenvalue weighted by atomic mass is 10.3. The average Bonchev–Trinajstić information content (AvgIpc) is 2.72. The Morgan fingerprint density at radius 3 is 3.12 bits per heavy atom. The van der Waals surface area contributed by atoms with Crippen molar-refractivity contribution in [1.82, 2.24) is 19.5 Å². The lowest BCUT2D eigenvalue weighted by molar-refractivity contribution is 0.0687. The number of imidazole rings is 1. The SMILES string of the molecule is O=C(O)c1ncn2c1COc1[nH]c(=O)ncc1-2. The number of fused-ring (bicyclic) bond motifs is 3. The van der Waals surface area contributed by atoms with Gasteiger partial charge in [-0.1, -0.05) is 0 Å². The zero-order valence-corrected chi connectivity index (χ0v) is 8.38. The van der Waals surface area contributed by atoms with Crippen LogP contribution in [0.25, 0.3) is 5.69 Å². The first kappa shape index (κ1) is 9.58. The van der Waals surface area contributed by atoms with Crippen LogP contribution in [0.4, 0.5) is 0 Å². The maximum Gasteiger partial charge on any atom is 0.356 e. The molecule has 0 radical (unpaired) electrons. The second-order valence-corrected chi connectivity index (χ2v) is 3.41. The Labute approximate surface area is 93.5 Å². The van der Waals surface area contributed by atoms with Crippen LogP contribution in [0.15, 0.2) is 17.3 Å². The van der Waals surface area contributed by atoms with E-state index in [-0.39, 0.29) is 18.2 Å². The smallest absolute Gasteiger partial charge is 0.356 e. The molecule has 3 heterocycles. The Kier molecular flexibility index (Phi) is 1.79. The van der Waals surface area contributed by atoms with Crippen molar-refractivity contribution >= 4 is 5.97 Å². The van der Waals surface area contributed by atoms with Gasteiger partial charge in [-0.15, -0.1) is 0 Å². The minimum absolute atomic E-state index is 0.0363. The van der Waals surface area contributed by atoms with Gasteiger partial charge in [-0.05, 0) is 0 Å². The molecule has 86 valence electrons. The van der Waals surface area contributed by atoms with Crippen molar-refractivity contribution in [3.8, 4) is 11.6 Å². The third-order valence-corrected chi connectivity index (χ3v) is 2.44. The van der Waals surface area contributed by atoms with Crippen LogP contribution in [0, 0.1) is 0 Å². The first-order valence-electron chi connectivity index (χ1n) is 4.69. The topological polar surface area (TPSA) is 110 Å². The van der Waals surface area contributed by atoms with E-state index < -0.39 is 11.7 Å². The molecule has 17 heavy (non-hydrogen) atoms. The van der Waals surface area contributed by atoms with Crippen LogP contribution >= 0.6 is 0 Å². The third-order valence-electron chi connectivity index (χ3n) is 2.44. The fourth-order valence-electron chi connectivity index (χ4n) is 1.69. The number of aromatic carboxylic acids is 1. The van der Waals surface area contributed by atoms with E-state index in [1.165, 1.54) is 17.1 Å². The Balaban J connectivity index is 2.24. The van der Waals surface area contributed by atoms with Crippen LogP contribution in [0.1, 0.15) is 16.2 Å². The molecule has 1 aliphatic heterocycles. The quantitative estimate of drug-likeness (QED) is 0.691. The summed E-state index contributed by atoms with van der Waals surface area (Å²) < 4.78 is 6.79. The monoisotopic (exact) mass is 234 g/mol. The molecule has 0 fully saturated rings. The number of nitrogens with zero attached hydrogens (tertiary/aromatic N) is 3. The van der Waals surface area contributed by atoms with Gasteiger partial charge >= 0.3 is 11.7 Å². The number of rotatable bonds is 1. The molecular formula is C9H6N4O4. The molecule has 0 aliphatic carbocycles. The Morgan fingerprint density at radius 2 is 2.35 bits per heavy atom. The van der Waals surface area contributed by atoms with Gasteiger partial charge in [0.2, 0.25) is 5.88 Å². The average molecular weight is 234 g/mol. The van der Waals surface area contributed by atoms with Gasteiger partial charge in [-0.3, -0.25) is 9.55 Å². The zero-order chi connectivity index (χ0) is 12.0. The zero-order valence-electron chi connectivity index (χ0n) is 8.38. The summed E-state index contributed by atoms with van der Waals surface area (Å²) in [6, 6.07) is 0. The number of aromatic nitrogens is 4. The summed E-state index contributed by atoms with van der Waals surface area (Å²) in [5.74, 6) is -0.866. The number of hydrogen-bond donors (Lipinski definition) is 2. The molecule has 0 saturated heterocycles. The van der Waals surface area contributed by atoms with Crippen molar-refractivity contribution in [2.24, 2.45) is 0 Å². The van der Waals surface area contributed by atoms with E-state index >= 15 is 0 Å². The van der Waals surface area contributed by atoms with Crippen LogP contribution in [0.2, 0.25) is 0 Å². The number of carbonyl (C=O) groups is 1. The Morgan fingerprint density at radius 1 is 1.53 bits per heavy atom. The second kappa shape index (κ2) is 3.17. The van der Waals surface area contributed by atoms with E-state index in [4.69, 9.17) is 9.84 Å². The van der Waals surface area contributed by atoms with Crippen molar-refractivity contribution in [3.63, 3.8) is 0 Å². The number of nitrogens with one attached hydrogen (secondary N) is 1. The molecule has 0 aromatic carbocycles. The Hall–Kier alpha value is -2.64. The summed E-state index contributed by atoms with van der Waals surface area (Å²) in [5.41, 5.74) is 0.289. The molecule has 8 nitrogen and oxygen atoms in total. The first-order valence-corrected chi connectivity index (χ1v) is 4.69. The van der Waals surface area contributed by atoms with Gasteiger partial charge in [-0.2, -0.15) is 4.98 Å². The second-order valence-electron chi connectivity index (χ2n) is 3.41. The van der Waals surface area contributed by atoms with Gasteiger partial charge in [-0.25, -0.2) is 14.6 Å². The van der Waals surface area contributed by atoms with E-state index in [0.29, 0.717) is 11.4 Å². The summed E-state index contributed by atoms with van der Waals surface area (Å²) in [4.78, 5) is 31.7. The molecule has 0 bridgehead atoms. The number of carboxylic acid groups (broad SMARTS) is 1. The molecule has 8 heteroatoms. The summed E-state index contributed by atoms with van der Waals surface area (Å²) in [5, 5.41) is 8.92. The number of H-pyrrole nitrogens is 1. The van der Waals surface area contributed by atoms with Gasteiger partial charge < -0.3 is 9.84 Å². The first-order chi connectivity index (χ1) is 8.16.